The molecule has 98 valence electrons. The summed E-state index contributed by atoms with van der Waals surface area (Å²) in [5.41, 5.74) is 0.589. The molecule has 4 rings (SSSR count). The first-order valence-corrected chi connectivity index (χ1v) is 7.90. The molecule has 0 saturated heterocycles. The van der Waals surface area contributed by atoms with Gasteiger partial charge >= 0.3 is 0 Å². The van der Waals surface area contributed by atoms with Crippen LogP contribution < -0.4 is 5.32 Å². The molecule has 0 heterocycles. The highest BCUT2D eigenvalue weighted by molar-refractivity contribution is 5.06. The molecule has 1 nitrogen and oxygen atoms in total. The molecule has 0 aliphatic heterocycles. The summed E-state index contributed by atoms with van der Waals surface area (Å²) in [4.78, 5) is 0. The minimum absolute atomic E-state index is 0.589. The third-order valence-electron chi connectivity index (χ3n) is 5.50. The van der Waals surface area contributed by atoms with Gasteiger partial charge in [0.15, 0.2) is 0 Å². The van der Waals surface area contributed by atoms with Gasteiger partial charge in [0, 0.05) is 5.54 Å². The van der Waals surface area contributed by atoms with Crippen LogP contribution >= 0.6 is 0 Å². The predicted molar refractivity (Wildman–Crippen MR) is 73.0 cm³/mol. The molecule has 0 unspecified atom stereocenters. The summed E-state index contributed by atoms with van der Waals surface area (Å²) in [6, 6.07) is 0. The van der Waals surface area contributed by atoms with E-state index in [2.05, 4.69) is 19.2 Å². The van der Waals surface area contributed by atoms with Gasteiger partial charge in [-0.3, -0.25) is 0 Å². The molecule has 0 aromatic rings. The van der Waals surface area contributed by atoms with E-state index in [-0.39, 0.29) is 0 Å². The van der Waals surface area contributed by atoms with Crippen molar-refractivity contribution in [1.29, 1.82) is 0 Å². The first-order valence-electron chi connectivity index (χ1n) is 7.90. The molecular weight excluding hydrogens is 206 g/mol. The first-order chi connectivity index (χ1) is 8.15. The van der Waals surface area contributed by atoms with Crippen LogP contribution in [0.1, 0.15) is 65.2 Å². The molecule has 4 fully saturated rings. The lowest BCUT2D eigenvalue weighted by Crippen LogP contribution is -2.58. The molecule has 0 radical (unpaired) electrons. The smallest absolute Gasteiger partial charge is 0.0189 e. The average molecular weight is 235 g/mol. The largest absolute Gasteiger partial charge is 0.311 e. The second-order valence-corrected chi connectivity index (χ2v) is 7.66. The molecule has 1 heteroatoms. The van der Waals surface area contributed by atoms with Crippen molar-refractivity contribution in [3.05, 3.63) is 0 Å². The topological polar surface area (TPSA) is 12.0 Å². The lowest BCUT2D eigenvalue weighted by molar-refractivity contribution is -0.0196. The van der Waals surface area contributed by atoms with Crippen molar-refractivity contribution in [1.82, 2.24) is 5.32 Å². The fourth-order valence-electron chi connectivity index (χ4n) is 5.19. The standard InChI is InChI=1S/C16H29N/c1-12(2)4-3-5-17-16-9-13-6-14(10-16)8-15(7-13)11-16/h12-15,17H,3-11H2,1-2H3. The molecule has 0 aromatic heterocycles. The van der Waals surface area contributed by atoms with Gasteiger partial charge in [-0.1, -0.05) is 13.8 Å². The molecule has 0 aromatic carbocycles. The van der Waals surface area contributed by atoms with Crippen LogP contribution in [0.25, 0.3) is 0 Å². The Bertz CT molecular complexity index is 233. The van der Waals surface area contributed by atoms with Crippen LogP contribution in [0.2, 0.25) is 0 Å². The predicted octanol–water partition coefficient (Wildman–Crippen LogP) is 3.98. The highest BCUT2D eigenvalue weighted by Gasteiger charge is 2.50. The Morgan fingerprint density at radius 1 is 1.00 bits per heavy atom. The molecule has 1 N–H and O–H groups in total. The van der Waals surface area contributed by atoms with E-state index in [9.17, 15) is 0 Å². The third kappa shape index (κ3) is 2.54. The summed E-state index contributed by atoms with van der Waals surface area (Å²) in [5.74, 6) is 4.12. The Balaban J connectivity index is 1.52. The summed E-state index contributed by atoms with van der Waals surface area (Å²) in [7, 11) is 0. The molecule has 0 atom stereocenters. The zero-order chi connectivity index (χ0) is 11.9. The monoisotopic (exact) mass is 235 g/mol. The maximum Gasteiger partial charge on any atom is 0.0189 e. The Morgan fingerprint density at radius 2 is 1.53 bits per heavy atom. The van der Waals surface area contributed by atoms with E-state index < -0.39 is 0 Å². The van der Waals surface area contributed by atoms with E-state index in [1.807, 2.05) is 0 Å². The van der Waals surface area contributed by atoms with E-state index in [1.54, 1.807) is 19.3 Å². The number of hydrogen-bond donors (Lipinski definition) is 1. The van der Waals surface area contributed by atoms with Crippen LogP contribution in [-0.2, 0) is 0 Å². The maximum absolute atomic E-state index is 3.98. The van der Waals surface area contributed by atoms with Gasteiger partial charge in [0.25, 0.3) is 0 Å². The lowest BCUT2D eigenvalue weighted by Gasteiger charge is -2.57. The Kier molecular flexibility index (Phi) is 3.23. The molecule has 17 heavy (non-hydrogen) atoms. The Hall–Kier alpha value is -0.0400. The zero-order valence-corrected chi connectivity index (χ0v) is 11.7. The lowest BCUT2D eigenvalue weighted by atomic mass is 9.53. The maximum atomic E-state index is 3.98. The van der Waals surface area contributed by atoms with Crippen LogP contribution in [0.15, 0.2) is 0 Å². The van der Waals surface area contributed by atoms with Gasteiger partial charge in [0.2, 0.25) is 0 Å². The summed E-state index contributed by atoms with van der Waals surface area (Å²) in [6.45, 7) is 5.94. The van der Waals surface area contributed by atoms with Crippen molar-refractivity contribution < 1.29 is 0 Å². The highest BCUT2D eigenvalue weighted by Crippen LogP contribution is 2.55. The van der Waals surface area contributed by atoms with Gasteiger partial charge in [0.1, 0.15) is 0 Å². The molecule has 4 aliphatic carbocycles. The average Bonchev–Trinajstić information content (AvgIpc) is 2.22. The normalized spacial score (nSPS) is 43.6. The second-order valence-electron chi connectivity index (χ2n) is 7.66. The van der Waals surface area contributed by atoms with Gasteiger partial charge in [-0.2, -0.15) is 0 Å². The van der Waals surface area contributed by atoms with Crippen molar-refractivity contribution in [2.24, 2.45) is 23.7 Å². The van der Waals surface area contributed by atoms with Crippen LogP contribution in [0.4, 0.5) is 0 Å². The number of nitrogens with one attached hydrogen (secondary N) is 1. The zero-order valence-electron chi connectivity index (χ0n) is 11.7. The second kappa shape index (κ2) is 4.57. The van der Waals surface area contributed by atoms with Crippen molar-refractivity contribution in [2.75, 3.05) is 6.54 Å². The van der Waals surface area contributed by atoms with Crippen LogP contribution in [0, 0.1) is 23.7 Å². The highest BCUT2D eigenvalue weighted by atomic mass is 15.0. The molecule has 4 aliphatic rings. The van der Waals surface area contributed by atoms with E-state index >= 15 is 0 Å². The van der Waals surface area contributed by atoms with Crippen molar-refractivity contribution >= 4 is 0 Å². The van der Waals surface area contributed by atoms with Gasteiger partial charge in [-0.25, -0.2) is 0 Å². The van der Waals surface area contributed by atoms with Crippen molar-refractivity contribution in [3.63, 3.8) is 0 Å². The molecule has 4 saturated carbocycles. The van der Waals surface area contributed by atoms with Crippen molar-refractivity contribution in [3.8, 4) is 0 Å². The molecular formula is C16H29N. The van der Waals surface area contributed by atoms with Crippen molar-refractivity contribution in [2.45, 2.75) is 70.8 Å². The molecule has 0 amide bonds. The molecule has 0 spiro atoms. The number of hydrogen-bond acceptors (Lipinski definition) is 1. The summed E-state index contributed by atoms with van der Waals surface area (Å²) < 4.78 is 0. The summed E-state index contributed by atoms with van der Waals surface area (Å²) >= 11 is 0. The summed E-state index contributed by atoms with van der Waals surface area (Å²) in [5, 5.41) is 3.98. The Morgan fingerprint density at radius 3 is 2.00 bits per heavy atom. The minimum Gasteiger partial charge on any atom is -0.311 e. The van der Waals surface area contributed by atoms with Crippen LogP contribution in [0.3, 0.4) is 0 Å². The fourth-order valence-corrected chi connectivity index (χ4v) is 5.19. The number of rotatable bonds is 5. The quantitative estimate of drug-likeness (QED) is 0.711. The van der Waals surface area contributed by atoms with E-state index in [0.29, 0.717) is 5.54 Å². The van der Waals surface area contributed by atoms with Gasteiger partial charge in [-0.15, -0.1) is 0 Å². The van der Waals surface area contributed by atoms with Crippen LogP contribution in [0.5, 0.6) is 0 Å². The molecule has 4 bridgehead atoms. The fraction of sp³-hybridized carbons (Fsp3) is 1.00. The van der Waals surface area contributed by atoms with Gasteiger partial charge in [-0.05, 0) is 81.6 Å². The first kappa shape index (κ1) is 12.0. The van der Waals surface area contributed by atoms with Crippen LogP contribution in [-0.4, -0.2) is 12.1 Å². The Labute approximate surface area is 107 Å². The summed E-state index contributed by atoms with van der Waals surface area (Å²) in [6.07, 6.45) is 12.0. The van der Waals surface area contributed by atoms with E-state index in [4.69, 9.17) is 0 Å². The third-order valence-corrected chi connectivity index (χ3v) is 5.50. The minimum atomic E-state index is 0.589. The van der Waals surface area contributed by atoms with E-state index in [1.165, 1.54) is 38.6 Å². The van der Waals surface area contributed by atoms with E-state index in [0.717, 1.165) is 23.7 Å². The van der Waals surface area contributed by atoms with Gasteiger partial charge in [0.05, 0.1) is 0 Å². The SMILES string of the molecule is CC(C)CCCNC12CC3CC(CC(C3)C1)C2. The van der Waals surface area contributed by atoms with Gasteiger partial charge < -0.3 is 5.32 Å².